The summed E-state index contributed by atoms with van der Waals surface area (Å²) in [6.45, 7) is 0. The average Bonchev–Trinajstić information content (AvgIpc) is 2.63. The molecule has 1 amide bonds. The largest absolute Gasteiger partial charge is 0.290 e. The van der Waals surface area contributed by atoms with Crippen molar-refractivity contribution in [2.45, 2.75) is 38.1 Å². The molecule has 1 saturated carbocycles. The Kier molecular flexibility index (Phi) is 5.65. The zero-order valence-electron chi connectivity index (χ0n) is 13.6. The van der Waals surface area contributed by atoms with E-state index in [1.807, 2.05) is 47.4 Å². The van der Waals surface area contributed by atoms with Gasteiger partial charge in [0.15, 0.2) is 0 Å². The number of rotatable bonds is 4. The normalized spacial score (nSPS) is 15.5. The van der Waals surface area contributed by atoms with E-state index in [0.717, 1.165) is 37.1 Å². The second-order valence-electron chi connectivity index (χ2n) is 6.04. The number of amides is 1. The van der Waals surface area contributed by atoms with Gasteiger partial charge in [-0.25, -0.2) is 4.98 Å². The highest BCUT2D eigenvalue weighted by Gasteiger charge is 2.26. The predicted octanol–water partition coefficient (Wildman–Crippen LogP) is 5.11. The van der Waals surface area contributed by atoms with Gasteiger partial charge in [-0.2, -0.15) is 0 Å². The van der Waals surface area contributed by atoms with Gasteiger partial charge in [0.25, 0.3) is 5.91 Å². The summed E-state index contributed by atoms with van der Waals surface area (Å²) in [5, 5.41) is 0.642. The molecule has 1 fully saturated rings. The third kappa shape index (κ3) is 4.04. The number of hydrogen-bond acceptors (Lipinski definition) is 2. The maximum Gasteiger partial charge on any atom is 0.252 e. The van der Waals surface area contributed by atoms with Gasteiger partial charge < -0.3 is 0 Å². The summed E-state index contributed by atoms with van der Waals surface area (Å²) in [5.74, 6) is 0.679. The van der Waals surface area contributed by atoms with Gasteiger partial charge >= 0.3 is 0 Å². The van der Waals surface area contributed by atoms with Crippen molar-refractivity contribution in [2.24, 2.45) is 0 Å². The Morgan fingerprint density at radius 2 is 1.83 bits per heavy atom. The maximum atomic E-state index is 12.9. The molecular weight excluding hydrogens is 320 g/mol. The van der Waals surface area contributed by atoms with Crippen LogP contribution >= 0.6 is 11.6 Å². The lowest BCUT2D eigenvalue weighted by Gasteiger charge is -2.32. The molecule has 4 heteroatoms. The standard InChI is InChI=1S/C20H21ClN2O/c21-18-11-5-4-8-16(18)13-14-20(24)23(17-9-2-1-3-10-17)19-12-6-7-15-22-19/h4-8,11-15,17H,1-3,9-10H2. The topological polar surface area (TPSA) is 33.2 Å². The minimum absolute atomic E-state index is 0.0412. The third-order valence-corrected chi connectivity index (χ3v) is 4.73. The highest BCUT2D eigenvalue weighted by molar-refractivity contribution is 6.32. The molecule has 1 aliphatic carbocycles. The average molecular weight is 341 g/mol. The molecule has 0 unspecified atom stereocenters. The van der Waals surface area contributed by atoms with E-state index < -0.39 is 0 Å². The van der Waals surface area contributed by atoms with E-state index >= 15 is 0 Å². The smallest absolute Gasteiger partial charge is 0.252 e. The quantitative estimate of drug-likeness (QED) is 0.724. The van der Waals surface area contributed by atoms with Crippen LogP contribution in [0, 0.1) is 0 Å². The molecule has 124 valence electrons. The fraction of sp³-hybridized carbons (Fsp3) is 0.300. The SMILES string of the molecule is O=C(C=Cc1ccccc1Cl)N(c1ccccn1)C1CCCCC1. The molecule has 3 nitrogen and oxygen atoms in total. The Hall–Kier alpha value is -2.13. The molecule has 0 spiro atoms. The van der Waals surface area contributed by atoms with Crippen molar-refractivity contribution < 1.29 is 4.79 Å². The fourth-order valence-corrected chi connectivity index (χ4v) is 3.37. The van der Waals surface area contributed by atoms with Crippen molar-refractivity contribution in [3.8, 4) is 0 Å². The number of aromatic nitrogens is 1. The lowest BCUT2D eigenvalue weighted by molar-refractivity contribution is -0.114. The Labute approximate surface area is 148 Å². The van der Waals surface area contributed by atoms with E-state index in [1.54, 1.807) is 18.3 Å². The minimum atomic E-state index is -0.0412. The first-order chi connectivity index (χ1) is 11.8. The molecule has 0 radical (unpaired) electrons. The van der Waals surface area contributed by atoms with Crippen molar-refractivity contribution in [3.63, 3.8) is 0 Å². The fourth-order valence-electron chi connectivity index (χ4n) is 3.17. The van der Waals surface area contributed by atoms with E-state index in [2.05, 4.69) is 4.98 Å². The van der Waals surface area contributed by atoms with Gasteiger partial charge in [0.2, 0.25) is 0 Å². The molecule has 1 aromatic carbocycles. The Morgan fingerprint density at radius 1 is 1.08 bits per heavy atom. The summed E-state index contributed by atoms with van der Waals surface area (Å²) in [4.78, 5) is 19.1. The number of hydrogen-bond donors (Lipinski definition) is 0. The lowest BCUT2D eigenvalue weighted by Crippen LogP contribution is -2.41. The molecular formula is C20H21ClN2O. The predicted molar refractivity (Wildman–Crippen MR) is 99.1 cm³/mol. The number of anilines is 1. The summed E-state index contributed by atoms with van der Waals surface area (Å²) in [7, 11) is 0. The summed E-state index contributed by atoms with van der Waals surface area (Å²) < 4.78 is 0. The summed E-state index contributed by atoms with van der Waals surface area (Å²) in [5.41, 5.74) is 0.845. The van der Waals surface area contributed by atoms with E-state index in [4.69, 9.17) is 11.6 Å². The van der Waals surface area contributed by atoms with Gasteiger partial charge in [-0.3, -0.25) is 9.69 Å². The van der Waals surface area contributed by atoms with E-state index in [0.29, 0.717) is 5.02 Å². The lowest BCUT2D eigenvalue weighted by atomic mass is 9.94. The highest BCUT2D eigenvalue weighted by atomic mass is 35.5. The maximum absolute atomic E-state index is 12.9. The van der Waals surface area contributed by atoms with Crippen molar-refractivity contribution in [1.82, 2.24) is 4.98 Å². The van der Waals surface area contributed by atoms with Gasteiger partial charge in [-0.05, 0) is 42.7 Å². The van der Waals surface area contributed by atoms with Crippen LogP contribution in [0.1, 0.15) is 37.7 Å². The van der Waals surface area contributed by atoms with Crippen LogP contribution < -0.4 is 4.90 Å². The monoisotopic (exact) mass is 340 g/mol. The van der Waals surface area contributed by atoms with Crippen LogP contribution in [0.4, 0.5) is 5.82 Å². The summed E-state index contributed by atoms with van der Waals surface area (Å²) in [6, 6.07) is 13.4. The Balaban J connectivity index is 1.84. The summed E-state index contributed by atoms with van der Waals surface area (Å²) >= 11 is 6.16. The number of carbonyl (C=O) groups excluding carboxylic acids is 1. The number of halogens is 1. The van der Waals surface area contributed by atoms with Gasteiger partial charge in [-0.1, -0.05) is 55.1 Å². The van der Waals surface area contributed by atoms with Gasteiger partial charge in [0.1, 0.15) is 5.82 Å². The molecule has 0 saturated heterocycles. The molecule has 2 aromatic rings. The van der Waals surface area contributed by atoms with Crippen LogP contribution in [0.5, 0.6) is 0 Å². The van der Waals surface area contributed by atoms with Crippen molar-refractivity contribution in [1.29, 1.82) is 0 Å². The van der Waals surface area contributed by atoms with E-state index in [1.165, 1.54) is 6.42 Å². The molecule has 0 aliphatic heterocycles. The highest BCUT2D eigenvalue weighted by Crippen LogP contribution is 2.27. The first kappa shape index (κ1) is 16.7. The van der Waals surface area contributed by atoms with Crippen LogP contribution in [0.2, 0.25) is 5.02 Å². The number of pyridine rings is 1. The molecule has 1 aromatic heterocycles. The van der Waals surface area contributed by atoms with E-state index in [-0.39, 0.29) is 11.9 Å². The van der Waals surface area contributed by atoms with Crippen LogP contribution in [0.25, 0.3) is 6.08 Å². The second kappa shape index (κ2) is 8.11. The number of benzene rings is 1. The number of carbonyl (C=O) groups is 1. The first-order valence-electron chi connectivity index (χ1n) is 8.42. The van der Waals surface area contributed by atoms with Crippen molar-refractivity contribution in [3.05, 3.63) is 65.3 Å². The van der Waals surface area contributed by atoms with Crippen LogP contribution in [0.15, 0.2) is 54.7 Å². The Morgan fingerprint density at radius 3 is 2.54 bits per heavy atom. The van der Waals surface area contributed by atoms with Crippen LogP contribution in [0.3, 0.4) is 0 Å². The first-order valence-corrected chi connectivity index (χ1v) is 8.80. The zero-order chi connectivity index (χ0) is 16.8. The van der Waals surface area contributed by atoms with Crippen LogP contribution in [-0.4, -0.2) is 16.9 Å². The van der Waals surface area contributed by atoms with Gasteiger partial charge in [0.05, 0.1) is 0 Å². The number of nitrogens with zero attached hydrogens (tertiary/aromatic N) is 2. The molecule has 3 rings (SSSR count). The van der Waals surface area contributed by atoms with Crippen molar-refractivity contribution >= 4 is 29.4 Å². The molecule has 24 heavy (non-hydrogen) atoms. The van der Waals surface area contributed by atoms with Crippen molar-refractivity contribution in [2.75, 3.05) is 4.90 Å². The molecule has 0 bridgehead atoms. The zero-order valence-corrected chi connectivity index (χ0v) is 14.3. The summed E-state index contributed by atoms with van der Waals surface area (Å²) in [6.07, 6.45) is 10.7. The second-order valence-corrected chi connectivity index (χ2v) is 6.45. The van der Waals surface area contributed by atoms with Gasteiger partial charge in [-0.15, -0.1) is 0 Å². The Bertz CT molecular complexity index is 709. The van der Waals surface area contributed by atoms with E-state index in [9.17, 15) is 4.79 Å². The molecule has 1 aliphatic rings. The third-order valence-electron chi connectivity index (χ3n) is 4.38. The minimum Gasteiger partial charge on any atom is -0.290 e. The molecule has 1 heterocycles. The van der Waals surface area contributed by atoms with Gasteiger partial charge in [0, 0.05) is 23.3 Å². The molecule has 0 N–H and O–H groups in total. The molecule has 0 atom stereocenters. The van der Waals surface area contributed by atoms with Crippen LogP contribution in [-0.2, 0) is 4.79 Å².